The van der Waals surface area contributed by atoms with Gasteiger partial charge in [0, 0.05) is 12.6 Å². The normalized spacial score (nSPS) is 31.2. The standard InChI is InChI=1S/C13H27N3O/c1-5-9(3)7-14-13-12(10(4)17)16-11(6-2)8-15-13/h9,11-16H,5-8H2,1-4H3. The van der Waals surface area contributed by atoms with Gasteiger partial charge >= 0.3 is 0 Å². The second-order valence-corrected chi connectivity index (χ2v) is 5.17. The van der Waals surface area contributed by atoms with Crippen molar-refractivity contribution in [2.24, 2.45) is 5.92 Å². The van der Waals surface area contributed by atoms with Crippen LogP contribution in [0.2, 0.25) is 0 Å². The second-order valence-electron chi connectivity index (χ2n) is 5.17. The van der Waals surface area contributed by atoms with E-state index in [9.17, 15) is 4.79 Å². The minimum Gasteiger partial charge on any atom is -0.301 e. The zero-order valence-electron chi connectivity index (χ0n) is 11.5. The molecule has 4 unspecified atom stereocenters. The molecule has 0 saturated carbocycles. The molecule has 4 nitrogen and oxygen atoms in total. The topological polar surface area (TPSA) is 53.2 Å². The average molecular weight is 241 g/mol. The molecule has 0 bridgehead atoms. The smallest absolute Gasteiger partial charge is 0.149 e. The van der Waals surface area contributed by atoms with Gasteiger partial charge in [-0.3, -0.25) is 15.4 Å². The molecule has 0 radical (unpaired) electrons. The molecule has 17 heavy (non-hydrogen) atoms. The summed E-state index contributed by atoms with van der Waals surface area (Å²) in [6, 6.07) is 0.309. The third-order valence-corrected chi connectivity index (χ3v) is 3.65. The molecular weight excluding hydrogens is 214 g/mol. The van der Waals surface area contributed by atoms with Crippen molar-refractivity contribution in [2.75, 3.05) is 13.1 Å². The van der Waals surface area contributed by atoms with Gasteiger partial charge in [-0.05, 0) is 25.8 Å². The Morgan fingerprint density at radius 1 is 1.47 bits per heavy atom. The lowest BCUT2D eigenvalue weighted by Crippen LogP contribution is -2.67. The van der Waals surface area contributed by atoms with E-state index >= 15 is 0 Å². The van der Waals surface area contributed by atoms with Crippen LogP contribution in [0.25, 0.3) is 0 Å². The summed E-state index contributed by atoms with van der Waals surface area (Å²) >= 11 is 0. The highest BCUT2D eigenvalue weighted by Crippen LogP contribution is 2.06. The van der Waals surface area contributed by atoms with Crippen LogP contribution < -0.4 is 16.0 Å². The van der Waals surface area contributed by atoms with Crippen LogP contribution in [0.1, 0.15) is 40.5 Å². The maximum absolute atomic E-state index is 11.6. The molecule has 1 heterocycles. The van der Waals surface area contributed by atoms with Crippen molar-refractivity contribution in [3.63, 3.8) is 0 Å². The van der Waals surface area contributed by atoms with Crippen LogP contribution >= 0.6 is 0 Å². The number of Topliss-reactive ketones (excluding diaryl/α,β-unsaturated/α-hetero) is 1. The van der Waals surface area contributed by atoms with E-state index in [2.05, 4.69) is 36.7 Å². The van der Waals surface area contributed by atoms with Crippen molar-refractivity contribution < 1.29 is 4.79 Å². The Morgan fingerprint density at radius 2 is 2.18 bits per heavy atom. The van der Waals surface area contributed by atoms with E-state index in [1.165, 1.54) is 0 Å². The summed E-state index contributed by atoms with van der Waals surface area (Å²) in [5, 5.41) is 10.3. The highest BCUT2D eigenvalue weighted by atomic mass is 16.1. The van der Waals surface area contributed by atoms with Crippen LogP contribution in [0, 0.1) is 5.92 Å². The van der Waals surface area contributed by atoms with Crippen molar-refractivity contribution in [3.8, 4) is 0 Å². The van der Waals surface area contributed by atoms with Crippen molar-refractivity contribution in [1.29, 1.82) is 0 Å². The Bertz CT molecular complexity index is 245. The fraction of sp³-hybridized carbons (Fsp3) is 0.923. The predicted molar refractivity (Wildman–Crippen MR) is 70.9 cm³/mol. The van der Waals surface area contributed by atoms with E-state index in [4.69, 9.17) is 0 Å². The van der Waals surface area contributed by atoms with Gasteiger partial charge in [0.05, 0.1) is 12.2 Å². The first-order chi connectivity index (χ1) is 8.08. The first kappa shape index (κ1) is 14.6. The molecule has 1 saturated heterocycles. The van der Waals surface area contributed by atoms with Crippen molar-refractivity contribution in [3.05, 3.63) is 0 Å². The monoisotopic (exact) mass is 241 g/mol. The maximum atomic E-state index is 11.6. The van der Waals surface area contributed by atoms with E-state index in [0.29, 0.717) is 12.0 Å². The van der Waals surface area contributed by atoms with Crippen molar-refractivity contribution in [1.82, 2.24) is 16.0 Å². The zero-order chi connectivity index (χ0) is 12.8. The van der Waals surface area contributed by atoms with Crippen LogP contribution in [-0.2, 0) is 4.79 Å². The van der Waals surface area contributed by atoms with Crippen LogP contribution in [-0.4, -0.2) is 37.1 Å². The van der Waals surface area contributed by atoms with Gasteiger partial charge < -0.3 is 5.32 Å². The molecule has 0 amide bonds. The van der Waals surface area contributed by atoms with E-state index < -0.39 is 0 Å². The quantitative estimate of drug-likeness (QED) is 0.646. The Balaban J connectivity index is 2.49. The zero-order valence-corrected chi connectivity index (χ0v) is 11.5. The molecular formula is C13H27N3O. The van der Waals surface area contributed by atoms with Crippen molar-refractivity contribution in [2.45, 2.75) is 58.8 Å². The number of rotatable bonds is 6. The van der Waals surface area contributed by atoms with Crippen LogP contribution in [0.4, 0.5) is 0 Å². The molecule has 4 heteroatoms. The fourth-order valence-electron chi connectivity index (χ4n) is 2.07. The van der Waals surface area contributed by atoms with Gasteiger partial charge in [-0.2, -0.15) is 0 Å². The lowest BCUT2D eigenvalue weighted by molar-refractivity contribution is -0.120. The first-order valence-electron chi connectivity index (χ1n) is 6.81. The molecule has 1 aliphatic rings. The molecule has 0 aliphatic carbocycles. The number of carbonyl (C=O) groups is 1. The van der Waals surface area contributed by atoms with E-state index in [0.717, 1.165) is 25.9 Å². The van der Waals surface area contributed by atoms with Gasteiger partial charge in [0.1, 0.15) is 5.78 Å². The van der Waals surface area contributed by atoms with Gasteiger partial charge in [0.25, 0.3) is 0 Å². The molecule has 3 N–H and O–H groups in total. The maximum Gasteiger partial charge on any atom is 0.149 e. The molecule has 100 valence electrons. The summed E-state index contributed by atoms with van der Waals surface area (Å²) in [5.41, 5.74) is 0. The van der Waals surface area contributed by atoms with Crippen molar-refractivity contribution >= 4 is 5.78 Å². The largest absolute Gasteiger partial charge is 0.301 e. The number of hydrogen-bond acceptors (Lipinski definition) is 4. The summed E-state index contributed by atoms with van der Waals surface area (Å²) in [7, 11) is 0. The van der Waals surface area contributed by atoms with Gasteiger partial charge in [-0.25, -0.2) is 0 Å². The summed E-state index contributed by atoms with van der Waals surface area (Å²) in [5.74, 6) is 0.852. The second kappa shape index (κ2) is 7.09. The summed E-state index contributed by atoms with van der Waals surface area (Å²) in [6.45, 7) is 10.1. The average Bonchev–Trinajstić information content (AvgIpc) is 2.35. The molecule has 0 spiro atoms. The lowest BCUT2D eigenvalue weighted by Gasteiger charge is -2.37. The van der Waals surface area contributed by atoms with Crippen LogP contribution in [0.5, 0.6) is 0 Å². The summed E-state index contributed by atoms with van der Waals surface area (Å²) < 4.78 is 0. The van der Waals surface area contributed by atoms with Gasteiger partial charge in [-0.1, -0.05) is 27.2 Å². The minimum atomic E-state index is -0.0993. The Hall–Kier alpha value is -0.450. The van der Waals surface area contributed by atoms with Crippen LogP contribution in [0.3, 0.4) is 0 Å². The Kier molecular flexibility index (Phi) is 6.09. The molecule has 1 rings (SSSR count). The SMILES string of the molecule is CCC(C)CNC1NCC(CC)NC1C(C)=O. The molecule has 4 atom stereocenters. The van der Waals surface area contributed by atoms with E-state index in [-0.39, 0.29) is 18.0 Å². The third kappa shape index (κ3) is 4.37. The lowest BCUT2D eigenvalue weighted by atomic mass is 10.0. The highest BCUT2D eigenvalue weighted by Gasteiger charge is 2.31. The molecule has 0 aromatic rings. The number of nitrogens with one attached hydrogen (secondary N) is 3. The fourth-order valence-corrected chi connectivity index (χ4v) is 2.07. The summed E-state index contributed by atoms with van der Waals surface area (Å²) in [6.07, 6.45) is 2.29. The third-order valence-electron chi connectivity index (χ3n) is 3.65. The van der Waals surface area contributed by atoms with Gasteiger partial charge in [-0.15, -0.1) is 0 Å². The first-order valence-corrected chi connectivity index (χ1v) is 6.81. The van der Waals surface area contributed by atoms with E-state index in [1.807, 2.05) is 0 Å². The number of hydrogen-bond donors (Lipinski definition) is 3. The molecule has 0 aromatic heterocycles. The van der Waals surface area contributed by atoms with Gasteiger partial charge in [0.2, 0.25) is 0 Å². The minimum absolute atomic E-state index is 0.0734. The molecule has 1 aliphatic heterocycles. The number of piperazine rings is 1. The Morgan fingerprint density at radius 3 is 2.71 bits per heavy atom. The number of carbonyl (C=O) groups excluding carboxylic acids is 1. The number of ketones is 1. The molecule has 1 fully saturated rings. The Labute approximate surface area is 105 Å². The predicted octanol–water partition coefficient (Wildman–Crippen LogP) is 0.877. The molecule has 0 aromatic carbocycles. The van der Waals surface area contributed by atoms with Crippen LogP contribution in [0.15, 0.2) is 0 Å². The summed E-state index contributed by atoms with van der Waals surface area (Å²) in [4.78, 5) is 11.6. The van der Waals surface area contributed by atoms with Gasteiger partial charge in [0.15, 0.2) is 0 Å². The van der Waals surface area contributed by atoms with E-state index in [1.54, 1.807) is 6.92 Å². The highest BCUT2D eigenvalue weighted by molar-refractivity contribution is 5.82.